The molecule has 1 aliphatic rings. The van der Waals surface area contributed by atoms with Crippen molar-refractivity contribution in [1.29, 1.82) is 0 Å². The Balaban J connectivity index is 2.05. The van der Waals surface area contributed by atoms with Gasteiger partial charge in [0.2, 0.25) is 5.95 Å². The molecule has 0 spiro atoms. The highest BCUT2D eigenvalue weighted by molar-refractivity contribution is 7.98. The van der Waals surface area contributed by atoms with E-state index in [2.05, 4.69) is 52.4 Å². The van der Waals surface area contributed by atoms with E-state index in [9.17, 15) is 0 Å². The number of nitrogens with zero attached hydrogens (tertiary/aromatic N) is 3. The van der Waals surface area contributed by atoms with Crippen molar-refractivity contribution in [2.75, 3.05) is 30.0 Å². The Morgan fingerprint density at radius 3 is 2.67 bits per heavy atom. The average Bonchev–Trinajstić information content (AvgIpc) is 2.77. The molecule has 0 aliphatic carbocycles. The molecule has 1 aliphatic heterocycles. The minimum Gasteiger partial charge on any atom is -0.336 e. The minimum absolute atomic E-state index is 0.430. The second-order valence-electron chi connectivity index (χ2n) is 5.25. The Kier molecular flexibility index (Phi) is 4.50. The maximum absolute atomic E-state index is 4.64. The maximum atomic E-state index is 4.64. The van der Waals surface area contributed by atoms with Crippen LogP contribution < -0.4 is 10.2 Å². The standard InChI is InChI=1S/C12H23N5S/c1-8(7-18-4)11-14-12(16-15-11)17-5-9(2)13-10(3)6-17/h8-10,13H,5-7H2,1-4H3,(H,14,15,16). The molecule has 3 atom stereocenters. The lowest BCUT2D eigenvalue weighted by Crippen LogP contribution is -2.54. The predicted molar refractivity (Wildman–Crippen MR) is 77.5 cm³/mol. The highest BCUT2D eigenvalue weighted by atomic mass is 32.2. The molecule has 0 bridgehead atoms. The van der Waals surface area contributed by atoms with Crippen LogP contribution >= 0.6 is 11.8 Å². The Morgan fingerprint density at radius 1 is 1.39 bits per heavy atom. The first-order valence-corrected chi connectivity index (χ1v) is 7.91. The second kappa shape index (κ2) is 5.93. The summed E-state index contributed by atoms with van der Waals surface area (Å²) in [6.45, 7) is 8.53. The Bertz CT molecular complexity index is 370. The number of aromatic nitrogens is 3. The van der Waals surface area contributed by atoms with E-state index < -0.39 is 0 Å². The van der Waals surface area contributed by atoms with E-state index in [1.807, 2.05) is 11.8 Å². The monoisotopic (exact) mass is 269 g/mol. The van der Waals surface area contributed by atoms with Crippen LogP contribution in [0.5, 0.6) is 0 Å². The molecule has 5 nitrogen and oxygen atoms in total. The minimum atomic E-state index is 0.430. The van der Waals surface area contributed by atoms with Crippen LogP contribution in [0.2, 0.25) is 0 Å². The Morgan fingerprint density at radius 2 is 2.06 bits per heavy atom. The summed E-state index contributed by atoms with van der Waals surface area (Å²) in [5.41, 5.74) is 0. The first kappa shape index (κ1) is 13.7. The molecular formula is C12H23N5S. The van der Waals surface area contributed by atoms with Crippen LogP contribution in [0.25, 0.3) is 0 Å². The zero-order valence-corrected chi connectivity index (χ0v) is 12.4. The van der Waals surface area contributed by atoms with Crippen LogP contribution in [0.1, 0.15) is 32.5 Å². The molecule has 18 heavy (non-hydrogen) atoms. The average molecular weight is 269 g/mol. The van der Waals surface area contributed by atoms with Gasteiger partial charge in [-0.2, -0.15) is 16.7 Å². The number of rotatable bonds is 4. The van der Waals surface area contributed by atoms with Gasteiger partial charge in [0.05, 0.1) is 0 Å². The van der Waals surface area contributed by atoms with E-state index >= 15 is 0 Å². The molecule has 0 aromatic carbocycles. The SMILES string of the molecule is CSCC(C)c1nc(N2CC(C)NC(C)C2)n[nH]1. The molecule has 102 valence electrons. The van der Waals surface area contributed by atoms with Crippen LogP contribution in [-0.4, -0.2) is 52.4 Å². The highest BCUT2D eigenvalue weighted by Gasteiger charge is 2.24. The molecule has 2 N–H and O–H groups in total. The van der Waals surface area contributed by atoms with Crippen molar-refractivity contribution in [3.8, 4) is 0 Å². The molecule has 2 heterocycles. The van der Waals surface area contributed by atoms with Gasteiger partial charge in [-0.05, 0) is 20.1 Å². The maximum Gasteiger partial charge on any atom is 0.244 e. The van der Waals surface area contributed by atoms with E-state index in [1.54, 1.807) is 0 Å². The van der Waals surface area contributed by atoms with Gasteiger partial charge < -0.3 is 10.2 Å². The topological polar surface area (TPSA) is 56.8 Å². The van der Waals surface area contributed by atoms with Crippen LogP contribution in [0, 0.1) is 0 Å². The number of hydrogen-bond acceptors (Lipinski definition) is 5. The summed E-state index contributed by atoms with van der Waals surface area (Å²) >= 11 is 1.84. The first-order valence-electron chi connectivity index (χ1n) is 6.52. The van der Waals surface area contributed by atoms with Gasteiger partial charge in [0.1, 0.15) is 5.82 Å². The molecule has 1 fully saturated rings. The fourth-order valence-corrected chi connectivity index (χ4v) is 3.10. The Hall–Kier alpha value is -0.750. The third-order valence-electron chi connectivity index (χ3n) is 3.21. The van der Waals surface area contributed by atoms with Crippen molar-refractivity contribution in [2.45, 2.75) is 38.8 Å². The number of thioether (sulfide) groups is 1. The third kappa shape index (κ3) is 3.17. The molecule has 0 radical (unpaired) electrons. The van der Waals surface area contributed by atoms with Crippen molar-refractivity contribution in [2.24, 2.45) is 0 Å². The zero-order chi connectivity index (χ0) is 13.1. The lowest BCUT2D eigenvalue weighted by molar-refractivity contribution is 0.403. The fourth-order valence-electron chi connectivity index (χ4n) is 2.45. The number of nitrogens with one attached hydrogen (secondary N) is 2. The molecule has 3 unspecified atom stereocenters. The van der Waals surface area contributed by atoms with E-state index in [0.29, 0.717) is 18.0 Å². The van der Waals surface area contributed by atoms with Crippen molar-refractivity contribution < 1.29 is 0 Å². The number of piperazine rings is 1. The second-order valence-corrected chi connectivity index (χ2v) is 6.16. The quantitative estimate of drug-likeness (QED) is 0.866. The zero-order valence-electron chi connectivity index (χ0n) is 11.6. The third-order valence-corrected chi connectivity index (χ3v) is 4.05. The van der Waals surface area contributed by atoms with Gasteiger partial charge in [-0.3, -0.25) is 5.10 Å². The fraction of sp³-hybridized carbons (Fsp3) is 0.833. The predicted octanol–water partition coefficient (Wildman–Crippen LogP) is 1.46. The number of hydrogen-bond donors (Lipinski definition) is 2. The van der Waals surface area contributed by atoms with Crippen molar-refractivity contribution in [3.63, 3.8) is 0 Å². The van der Waals surface area contributed by atoms with E-state index in [-0.39, 0.29) is 0 Å². The lowest BCUT2D eigenvalue weighted by Gasteiger charge is -2.35. The molecule has 0 amide bonds. The van der Waals surface area contributed by atoms with Crippen molar-refractivity contribution in [1.82, 2.24) is 20.5 Å². The molecule has 1 aromatic rings. The molecule has 1 aromatic heterocycles. The van der Waals surface area contributed by atoms with Crippen LogP contribution in [0.3, 0.4) is 0 Å². The molecule has 0 saturated carbocycles. The smallest absolute Gasteiger partial charge is 0.244 e. The van der Waals surface area contributed by atoms with Crippen LogP contribution in [0.15, 0.2) is 0 Å². The number of H-pyrrole nitrogens is 1. The molecule has 1 saturated heterocycles. The normalized spacial score (nSPS) is 26.3. The van der Waals surface area contributed by atoms with Crippen LogP contribution in [0.4, 0.5) is 5.95 Å². The summed E-state index contributed by atoms with van der Waals surface area (Å²) in [6, 6.07) is 0.971. The van der Waals surface area contributed by atoms with E-state index in [4.69, 9.17) is 0 Å². The van der Waals surface area contributed by atoms with Gasteiger partial charge in [-0.1, -0.05) is 6.92 Å². The van der Waals surface area contributed by atoms with Gasteiger partial charge >= 0.3 is 0 Å². The summed E-state index contributed by atoms with van der Waals surface area (Å²) < 4.78 is 0. The van der Waals surface area contributed by atoms with Crippen molar-refractivity contribution in [3.05, 3.63) is 5.82 Å². The number of anilines is 1. The summed E-state index contributed by atoms with van der Waals surface area (Å²) in [7, 11) is 0. The number of aromatic amines is 1. The molecular weight excluding hydrogens is 246 g/mol. The summed E-state index contributed by atoms with van der Waals surface area (Å²) in [4.78, 5) is 6.90. The highest BCUT2D eigenvalue weighted by Crippen LogP contribution is 2.19. The van der Waals surface area contributed by atoms with Gasteiger partial charge in [-0.25, -0.2) is 0 Å². The summed E-state index contributed by atoms with van der Waals surface area (Å²) in [5.74, 6) is 3.35. The summed E-state index contributed by atoms with van der Waals surface area (Å²) in [5, 5.41) is 11.0. The van der Waals surface area contributed by atoms with Gasteiger partial charge in [0.15, 0.2) is 0 Å². The van der Waals surface area contributed by atoms with Crippen LogP contribution in [-0.2, 0) is 0 Å². The van der Waals surface area contributed by atoms with Gasteiger partial charge in [0, 0.05) is 36.8 Å². The lowest BCUT2D eigenvalue weighted by atomic mass is 10.1. The summed E-state index contributed by atoms with van der Waals surface area (Å²) in [6.07, 6.45) is 2.12. The van der Waals surface area contributed by atoms with Gasteiger partial charge in [0.25, 0.3) is 0 Å². The van der Waals surface area contributed by atoms with Gasteiger partial charge in [-0.15, -0.1) is 5.10 Å². The van der Waals surface area contributed by atoms with Crippen molar-refractivity contribution >= 4 is 17.7 Å². The largest absolute Gasteiger partial charge is 0.336 e. The first-order chi connectivity index (χ1) is 8.60. The van der Waals surface area contributed by atoms with E-state index in [0.717, 1.165) is 30.6 Å². The molecule has 2 rings (SSSR count). The molecule has 6 heteroatoms. The van der Waals surface area contributed by atoms with E-state index in [1.165, 1.54) is 0 Å². The Labute approximate surface area is 113 Å².